The summed E-state index contributed by atoms with van der Waals surface area (Å²) in [5.74, 6) is -0.694. The number of hydroxylamine groups is 2. The summed E-state index contributed by atoms with van der Waals surface area (Å²) in [4.78, 5) is 27.4. The SMILES string of the molecule is CC1CN(C(=O)OCc2ccccc2)OC1=O. The smallest absolute Gasteiger partial charge is 0.442 e. The van der Waals surface area contributed by atoms with Gasteiger partial charge in [0.1, 0.15) is 6.61 Å². The Morgan fingerprint density at radius 3 is 2.76 bits per heavy atom. The van der Waals surface area contributed by atoms with Crippen molar-refractivity contribution < 1.29 is 19.2 Å². The van der Waals surface area contributed by atoms with Crippen LogP contribution < -0.4 is 0 Å². The van der Waals surface area contributed by atoms with Crippen molar-refractivity contribution in [2.45, 2.75) is 13.5 Å². The number of hydrogen-bond acceptors (Lipinski definition) is 4. The molecule has 1 aliphatic rings. The van der Waals surface area contributed by atoms with Gasteiger partial charge in [-0.15, -0.1) is 5.06 Å². The van der Waals surface area contributed by atoms with Crippen LogP contribution in [0.1, 0.15) is 12.5 Å². The highest BCUT2D eigenvalue weighted by atomic mass is 16.8. The number of amides is 1. The van der Waals surface area contributed by atoms with Gasteiger partial charge < -0.3 is 9.57 Å². The van der Waals surface area contributed by atoms with E-state index in [4.69, 9.17) is 9.57 Å². The molecule has 1 heterocycles. The van der Waals surface area contributed by atoms with Gasteiger partial charge in [0.2, 0.25) is 0 Å². The molecule has 1 fully saturated rings. The van der Waals surface area contributed by atoms with Crippen LogP contribution in [0.25, 0.3) is 0 Å². The number of hydrogen-bond donors (Lipinski definition) is 0. The van der Waals surface area contributed by atoms with Crippen LogP contribution in [-0.4, -0.2) is 23.7 Å². The highest BCUT2D eigenvalue weighted by Crippen LogP contribution is 2.15. The highest BCUT2D eigenvalue weighted by molar-refractivity contribution is 5.78. The van der Waals surface area contributed by atoms with Crippen LogP contribution in [0.3, 0.4) is 0 Å². The lowest BCUT2D eigenvalue weighted by molar-refractivity contribution is -0.165. The van der Waals surface area contributed by atoms with Gasteiger partial charge in [0.25, 0.3) is 0 Å². The zero-order valence-corrected chi connectivity index (χ0v) is 9.46. The largest absolute Gasteiger partial charge is 0.443 e. The Balaban J connectivity index is 1.84. The third kappa shape index (κ3) is 2.75. The third-order valence-electron chi connectivity index (χ3n) is 2.45. The van der Waals surface area contributed by atoms with E-state index in [0.29, 0.717) is 0 Å². The average Bonchev–Trinajstić information content (AvgIpc) is 2.68. The van der Waals surface area contributed by atoms with Crippen LogP contribution in [0, 0.1) is 5.92 Å². The molecule has 17 heavy (non-hydrogen) atoms. The monoisotopic (exact) mass is 235 g/mol. The van der Waals surface area contributed by atoms with Crippen LogP contribution in [0.2, 0.25) is 0 Å². The second-order valence-corrected chi connectivity index (χ2v) is 3.91. The first kappa shape index (κ1) is 11.4. The van der Waals surface area contributed by atoms with Crippen LogP contribution in [0.15, 0.2) is 30.3 Å². The van der Waals surface area contributed by atoms with Gasteiger partial charge in [-0.3, -0.25) is 0 Å². The second kappa shape index (κ2) is 4.86. The van der Waals surface area contributed by atoms with Crippen molar-refractivity contribution >= 4 is 12.1 Å². The number of carbonyl (C=O) groups is 2. The van der Waals surface area contributed by atoms with Crippen LogP contribution >= 0.6 is 0 Å². The molecule has 0 aromatic heterocycles. The summed E-state index contributed by atoms with van der Waals surface area (Å²) in [6, 6.07) is 9.31. The Labute approximate surface area is 98.9 Å². The Hall–Kier alpha value is -2.04. The van der Waals surface area contributed by atoms with E-state index >= 15 is 0 Å². The molecular weight excluding hydrogens is 222 g/mol. The fourth-order valence-electron chi connectivity index (χ4n) is 1.46. The maximum Gasteiger partial charge on any atom is 0.443 e. The molecule has 0 saturated carbocycles. The summed E-state index contributed by atoms with van der Waals surface area (Å²) in [7, 11) is 0. The third-order valence-corrected chi connectivity index (χ3v) is 2.45. The molecule has 1 amide bonds. The summed E-state index contributed by atoms with van der Waals surface area (Å²) < 4.78 is 5.02. The maximum absolute atomic E-state index is 11.5. The average molecular weight is 235 g/mol. The summed E-state index contributed by atoms with van der Waals surface area (Å²) in [5, 5.41) is 0.954. The van der Waals surface area contributed by atoms with Crippen molar-refractivity contribution in [3.05, 3.63) is 35.9 Å². The van der Waals surface area contributed by atoms with E-state index in [1.165, 1.54) is 0 Å². The molecule has 1 atom stereocenters. The van der Waals surface area contributed by atoms with Gasteiger partial charge in [-0.25, -0.2) is 9.59 Å². The predicted molar refractivity (Wildman–Crippen MR) is 58.6 cm³/mol. The predicted octanol–water partition coefficient (Wildman–Crippen LogP) is 1.73. The van der Waals surface area contributed by atoms with E-state index in [-0.39, 0.29) is 19.1 Å². The minimum absolute atomic E-state index is 0.169. The Morgan fingerprint density at radius 1 is 1.47 bits per heavy atom. The van der Waals surface area contributed by atoms with E-state index in [1.54, 1.807) is 6.92 Å². The first-order valence-electron chi connectivity index (χ1n) is 5.37. The van der Waals surface area contributed by atoms with E-state index in [2.05, 4.69) is 0 Å². The fraction of sp³-hybridized carbons (Fsp3) is 0.333. The zero-order chi connectivity index (χ0) is 12.3. The van der Waals surface area contributed by atoms with Gasteiger partial charge >= 0.3 is 12.1 Å². The Morgan fingerprint density at radius 2 is 2.18 bits per heavy atom. The van der Waals surface area contributed by atoms with Crippen molar-refractivity contribution in [3.63, 3.8) is 0 Å². The molecule has 0 radical (unpaired) electrons. The van der Waals surface area contributed by atoms with Gasteiger partial charge in [0.05, 0.1) is 12.5 Å². The molecule has 0 N–H and O–H groups in total. The van der Waals surface area contributed by atoms with Crippen molar-refractivity contribution in [2.75, 3.05) is 6.54 Å². The molecule has 2 rings (SSSR count). The Kier molecular flexibility index (Phi) is 3.27. The molecule has 0 bridgehead atoms. The molecule has 1 unspecified atom stereocenters. The van der Waals surface area contributed by atoms with E-state index < -0.39 is 12.1 Å². The number of carbonyl (C=O) groups excluding carboxylic acids is 2. The topological polar surface area (TPSA) is 55.8 Å². The first-order valence-corrected chi connectivity index (χ1v) is 5.37. The second-order valence-electron chi connectivity index (χ2n) is 3.91. The van der Waals surface area contributed by atoms with Crippen molar-refractivity contribution in [2.24, 2.45) is 5.92 Å². The number of ether oxygens (including phenoxy) is 1. The minimum Gasteiger partial charge on any atom is -0.442 e. The normalized spacial score (nSPS) is 19.0. The summed E-state index contributed by atoms with van der Waals surface area (Å²) in [6.45, 7) is 2.11. The highest BCUT2D eigenvalue weighted by Gasteiger charge is 2.34. The molecule has 5 heteroatoms. The van der Waals surface area contributed by atoms with E-state index in [0.717, 1.165) is 10.6 Å². The quantitative estimate of drug-likeness (QED) is 0.783. The molecule has 1 aliphatic heterocycles. The van der Waals surface area contributed by atoms with Gasteiger partial charge in [-0.2, -0.15) is 0 Å². The molecule has 1 aromatic rings. The standard InChI is InChI=1S/C12H13NO4/c1-9-7-13(17-11(9)14)12(15)16-8-10-5-3-2-4-6-10/h2-6,9H,7-8H2,1H3. The molecular formula is C12H13NO4. The van der Waals surface area contributed by atoms with Crippen molar-refractivity contribution in [1.29, 1.82) is 0 Å². The van der Waals surface area contributed by atoms with Gasteiger partial charge in [0.15, 0.2) is 0 Å². The van der Waals surface area contributed by atoms with Crippen LogP contribution in [-0.2, 0) is 21.0 Å². The maximum atomic E-state index is 11.5. The van der Waals surface area contributed by atoms with Crippen molar-refractivity contribution in [1.82, 2.24) is 5.06 Å². The summed E-state index contributed by atoms with van der Waals surface area (Å²) >= 11 is 0. The van der Waals surface area contributed by atoms with Crippen molar-refractivity contribution in [3.8, 4) is 0 Å². The molecule has 1 aromatic carbocycles. The minimum atomic E-state index is -0.633. The van der Waals surface area contributed by atoms with Gasteiger partial charge in [-0.1, -0.05) is 30.3 Å². The number of rotatable bonds is 2. The molecule has 0 aliphatic carbocycles. The molecule has 0 spiro atoms. The number of benzene rings is 1. The Bertz CT molecular complexity index is 418. The van der Waals surface area contributed by atoms with Crippen LogP contribution in [0.5, 0.6) is 0 Å². The molecule has 90 valence electrons. The lowest BCUT2D eigenvalue weighted by atomic mass is 10.2. The van der Waals surface area contributed by atoms with Gasteiger partial charge in [-0.05, 0) is 12.5 Å². The zero-order valence-electron chi connectivity index (χ0n) is 9.46. The van der Waals surface area contributed by atoms with Crippen LogP contribution in [0.4, 0.5) is 4.79 Å². The lowest BCUT2D eigenvalue weighted by Crippen LogP contribution is -2.28. The van der Waals surface area contributed by atoms with Gasteiger partial charge in [0, 0.05) is 0 Å². The summed E-state index contributed by atoms with van der Waals surface area (Å²) in [5.41, 5.74) is 0.888. The van der Waals surface area contributed by atoms with E-state index in [9.17, 15) is 9.59 Å². The summed E-state index contributed by atoms with van der Waals surface area (Å²) in [6.07, 6.45) is -0.633. The molecule has 5 nitrogen and oxygen atoms in total. The fourth-order valence-corrected chi connectivity index (χ4v) is 1.46. The molecule has 1 saturated heterocycles. The number of nitrogens with zero attached hydrogens (tertiary/aromatic N) is 1. The lowest BCUT2D eigenvalue weighted by Gasteiger charge is -2.12. The van der Waals surface area contributed by atoms with E-state index in [1.807, 2.05) is 30.3 Å². The first-order chi connectivity index (χ1) is 8.16.